The van der Waals surface area contributed by atoms with Crippen LogP contribution < -0.4 is 10.1 Å². The molecular formula is C17H19F2NO. The number of methoxy groups -OCH3 is 1. The lowest BCUT2D eigenvalue weighted by atomic mass is 9.98. The van der Waals surface area contributed by atoms with Gasteiger partial charge in [-0.3, -0.25) is 0 Å². The van der Waals surface area contributed by atoms with E-state index in [9.17, 15) is 8.78 Å². The Morgan fingerprint density at radius 1 is 1.10 bits per heavy atom. The normalized spacial score (nSPS) is 12.2. The van der Waals surface area contributed by atoms with Crippen LogP contribution in [0, 0.1) is 11.6 Å². The summed E-state index contributed by atoms with van der Waals surface area (Å²) in [4.78, 5) is 0. The fraction of sp³-hybridized carbons (Fsp3) is 0.294. The van der Waals surface area contributed by atoms with Gasteiger partial charge in [-0.1, -0.05) is 25.1 Å². The molecular weight excluding hydrogens is 272 g/mol. The first-order chi connectivity index (χ1) is 10.2. The van der Waals surface area contributed by atoms with E-state index in [1.807, 2.05) is 31.2 Å². The molecule has 0 aliphatic rings. The second kappa shape index (κ2) is 7.18. The highest BCUT2D eigenvalue weighted by Crippen LogP contribution is 2.26. The molecule has 112 valence electrons. The zero-order valence-corrected chi connectivity index (χ0v) is 12.2. The Bertz CT molecular complexity index is 584. The summed E-state index contributed by atoms with van der Waals surface area (Å²) < 4.78 is 32.3. The summed E-state index contributed by atoms with van der Waals surface area (Å²) in [6.45, 7) is 2.78. The zero-order chi connectivity index (χ0) is 15.2. The minimum atomic E-state index is -0.569. The Balaban J connectivity index is 2.36. The van der Waals surface area contributed by atoms with Gasteiger partial charge >= 0.3 is 0 Å². The SMILES string of the molecule is CCCNC(c1ccc(OC)cc1)c1ccc(F)cc1F. The number of halogens is 2. The van der Waals surface area contributed by atoms with Crippen molar-refractivity contribution in [3.63, 3.8) is 0 Å². The maximum absolute atomic E-state index is 14.1. The summed E-state index contributed by atoms with van der Waals surface area (Å²) in [6, 6.07) is 10.8. The minimum Gasteiger partial charge on any atom is -0.497 e. The summed E-state index contributed by atoms with van der Waals surface area (Å²) >= 11 is 0. The van der Waals surface area contributed by atoms with Crippen molar-refractivity contribution in [1.29, 1.82) is 0 Å². The van der Waals surface area contributed by atoms with Gasteiger partial charge in [0, 0.05) is 11.6 Å². The summed E-state index contributed by atoms with van der Waals surface area (Å²) in [5.74, 6) is -0.368. The lowest BCUT2D eigenvalue weighted by Gasteiger charge is -2.20. The van der Waals surface area contributed by atoms with Crippen molar-refractivity contribution in [2.75, 3.05) is 13.7 Å². The lowest BCUT2D eigenvalue weighted by Crippen LogP contribution is -2.24. The molecule has 0 aromatic heterocycles. The van der Waals surface area contributed by atoms with Crippen LogP contribution in [0.15, 0.2) is 42.5 Å². The highest BCUT2D eigenvalue weighted by Gasteiger charge is 2.17. The Hall–Kier alpha value is -1.94. The number of hydrogen-bond acceptors (Lipinski definition) is 2. The van der Waals surface area contributed by atoms with E-state index in [1.54, 1.807) is 7.11 Å². The van der Waals surface area contributed by atoms with Gasteiger partial charge in [0.05, 0.1) is 13.2 Å². The molecule has 2 nitrogen and oxygen atoms in total. The van der Waals surface area contributed by atoms with Crippen LogP contribution in [0.4, 0.5) is 8.78 Å². The largest absolute Gasteiger partial charge is 0.497 e. The Labute approximate surface area is 123 Å². The fourth-order valence-electron chi connectivity index (χ4n) is 2.23. The average Bonchev–Trinajstić information content (AvgIpc) is 2.50. The Morgan fingerprint density at radius 2 is 1.81 bits per heavy atom. The molecule has 0 radical (unpaired) electrons. The van der Waals surface area contributed by atoms with Crippen molar-refractivity contribution in [1.82, 2.24) is 5.32 Å². The van der Waals surface area contributed by atoms with Gasteiger partial charge in [0.1, 0.15) is 17.4 Å². The molecule has 0 spiro atoms. The van der Waals surface area contributed by atoms with Crippen molar-refractivity contribution in [3.05, 3.63) is 65.2 Å². The Morgan fingerprint density at radius 3 is 2.38 bits per heavy atom. The van der Waals surface area contributed by atoms with E-state index in [4.69, 9.17) is 4.74 Å². The van der Waals surface area contributed by atoms with Crippen molar-refractivity contribution >= 4 is 0 Å². The van der Waals surface area contributed by atoms with E-state index < -0.39 is 11.6 Å². The molecule has 1 atom stereocenters. The molecule has 2 aromatic carbocycles. The van der Waals surface area contributed by atoms with Crippen LogP contribution in [0.5, 0.6) is 5.75 Å². The number of rotatable bonds is 6. The highest BCUT2D eigenvalue weighted by atomic mass is 19.1. The molecule has 0 heterocycles. The molecule has 21 heavy (non-hydrogen) atoms. The maximum atomic E-state index is 14.1. The van der Waals surface area contributed by atoms with Crippen LogP contribution in [0.25, 0.3) is 0 Å². The van der Waals surface area contributed by atoms with Gasteiger partial charge < -0.3 is 10.1 Å². The van der Waals surface area contributed by atoms with Gasteiger partial charge in [0.15, 0.2) is 0 Å². The second-order valence-corrected chi connectivity index (χ2v) is 4.83. The van der Waals surface area contributed by atoms with Crippen LogP contribution in [-0.4, -0.2) is 13.7 Å². The van der Waals surface area contributed by atoms with Crippen LogP contribution >= 0.6 is 0 Å². The monoisotopic (exact) mass is 291 g/mol. The number of nitrogens with one attached hydrogen (secondary N) is 1. The molecule has 0 aliphatic carbocycles. The number of ether oxygens (including phenoxy) is 1. The summed E-state index contributed by atoms with van der Waals surface area (Å²) in [7, 11) is 1.60. The molecule has 2 aromatic rings. The first-order valence-corrected chi connectivity index (χ1v) is 6.98. The lowest BCUT2D eigenvalue weighted by molar-refractivity contribution is 0.414. The van der Waals surface area contributed by atoms with E-state index in [1.165, 1.54) is 12.1 Å². The van der Waals surface area contributed by atoms with Crippen molar-refractivity contribution in [2.45, 2.75) is 19.4 Å². The predicted octanol–water partition coefficient (Wildman–Crippen LogP) is 4.06. The summed E-state index contributed by atoms with van der Waals surface area (Å²) in [6.07, 6.45) is 0.926. The van der Waals surface area contributed by atoms with Crippen molar-refractivity contribution in [2.24, 2.45) is 0 Å². The van der Waals surface area contributed by atoms with E-state index in [2.05, 4.69) is 5.32 Å². The molecule has 1 N–H and O–H groups in total. The Kier molecular flexibility index (Phi) is 5.28. The zero-order valence-electron chi connectivity index (χ0n) is 12.2. The van der Waals surface area contributed by atoms with Crippen LogP contribution in [0.3, 0.4) is 0 Å². The minimum absolute atomic E-state index is 0.309. The molecule has 0 saturated carbocycles. The van der Waals surface area contributed by atoms with E-state index in [-0.39, 0.29) is 6.04 Å². The number of hydrogen-bond donors (Lipinski definition) is 1. The van der Waals surface area contributed by atoms with Gasteiger partial charge in [-0.25, -0.2) is 8.78 Å². The van der Waals surface area contributed by atoms with E-state index >= 15 is 0 Å². The second-order valence-electron chi connectivity index (χ2n) is 4.83. The van der Waals surface area contributed by atoms with E-state index in [0.717, 1.165) is 30.3 Å². The highest BCUT2D eigenvalue weighted by molar-refractivity contribution is 5.36. The van der Waals surface area contributed by atoms with Gasteiger partial charge in [-0.15, -0.1) is 0 Å². The van der Waals surface area contributed by atoms with Crippen molar-refractivity contribution in [3.8, 4) is 5.75 Å². The maximum Gasteiger partial charge on any atom is 0.131 e. The van der Waals surface area contributed by atoms with Gasteiger partial charge in [0.2, 0.25) is 0 Å². The van der Waals surface area contributed by atoms with E-state index in [0.29, 0.717) is 5.56 Å². The first-order valence-electron chi connectivity index (χ1n) is 6.98. The summed E-state index contributed by atoms with van der Waals surface area (Å²) in [5.41, 5.74) is 1.35. The standard InChI is InChI=1S/C17H19F2NO/c1-3-10-20-17(12-4-7-14(21-2)8-5-12)15-9-6-13(18)11-16(15)19/h4-9,11,17,20H,3,10H2,1-2H3. The van der Waals surface area contributed by atoms with Crippen molar-refractivity contribution < 1.29 is 13.5 Å². The predicted molar refractivity (Wildman–Crippen MR) is 79.5 cm³/mol. The molecule has 1 unspecified atom stereocenters. The van der Waals surface area contributed by atoms with Crippen LogP contribution in [0.1, 0.15) is 30.5 Å². The van der Waals surface area contributed by atoms with Crippen LogP contribution in [-0.2, 0) is 0 Å². The smallest absolute Gasteiger partial charge is 0.131 e. The van der Waals surface area contributed by atoms with Gasteiger partial charge in [0.25, 0.3) is 0 Å². The van der Waals surface area contributed by atoms with Gasteiger partial charge in [-0.05, 0) is 36.7 Å². The number of benzene rings is 2. The third-order valence-electron chi connectivity index (χ3n) is 3.32. The third-order valence-corrected chi connectivity index (χ3v) is 3.32. The summed E-state index contributed by atoms with van der Waals surface area (Å²) in [5, 5.41) is 3.30. The molecule has 0 saturated heterocycles. The topological polar surface area (TPSA) is 21.3 Å². The fourth-order valence-corrected chi connectivity index (χ4v) is 2.23. The molecule has 2 rings (SSSR count). The van der Waals surface area contributed by atoms with Gasteiger partial charge in [-0.2, -0.15) is 0 Å². The first kappa shape index (κ1) is 15.4. The molecule has 0 amide bonds. The molecule has 0 bridgehead atoms. The quantitative estimate of drug-likeness (QED) is 0.866. The molecule has 4 heteroatoms. The van der Waals surface area contributed by atoms with Crippen LogP contribution in [0.2, 0.25) is 0 Å². The third kappa shape index (κ3) is 3.79. The average molecular weight is 291 g/mol. The molecule has 0 fully saturated rings. The molecule has 0 aliphatic heterocycles.